The fourth-order valence-electron chi connectivity index (χ4n) is 3.63. The minimum Gasteiger partial charge on any atom is -0.493 e. The van der Waals surface area contributed by atoms with Gasteiger partial charge in [0, 0.05) is 29.1 Å². The maximum atomic E-state index is 13.5. The van der Waals surface area contributed by atoms with Gasteiger partial charge in [-0.1, -0.05) is 49.2 Å². The number of hydrogen-bond donors (Lipinski definition) is 1. The summed E-state index contributed by atoms with van der Waals surface area (Å²) < 4.78 is 10.7. The van der Waals surface area contributed by atoms with Crippen LogP contribution in [0.3, 0.4) is 0 Å². The van der Waals surface area contributed by atoms with E-state index in [1.165, 1.54) is 0 Å². The number of benzene rings is 2. The van der Waals surface area contributed by atoms with E-state index >= 15 is 0 Å². The summed E-state index contributed by atoms with van der Waals surface area (Å²) in [6, 6.07) is 10.2. The summed E-state index contributed by atoms with van der Waals surface area (Å²) in [4.78, 5) is 28.1. The zero-order valence-corrected chi connectivity index (χ0v) is 22.0. The second-order valence-electron chi connectivity index (χ2n) is 8.19. The van der Waals surface area contributed by atoms with E-state index in [1.54, 1.807) is 37.3 Å². The van der Waals surface area contributed by atoms with Crippen LogP contribution >= 0.6 is 23.2 Å². The summed E-state index contributed by atoms with van der Waals surface area (Å²) in [5, 5.41) is 3.99. The van der Waals surface area contributed by atoms with Crippen molar-refractivity contribution >= 4 is 35.0 Å². The number of nitrogens with one attached hydrogen (secondary N) is 1. The Bertz CT molecular complexity index is 983. The summed E-state index contributed by atoms with van der Waals surface area (Å²) in [7, 11) is 3.16. The number of ether oxygens (including phenoxy) is 2. The normalized spacial score (nSPS) is 12.6. The lowest BCUT2D eigenvalue weighted by Gasteiger charge is -2.32. The van der Waals surface area contributed by atoms with Crippen molar-refractivity contribution in [2.75, 3.05) is 14.2 Å². The minimum atomic E-state index is -0.612. The molecule has 0 spiro atoms. The predicted molar refractivity (Wildman–Crippen MR) is 137 cm³/mol. The molecule has 0 unspecified atom stereocenters. The second kappa shape index (κ2) is 13.4. The van der Waals surface area contributed by atoms with Crippen molar-refractivity contribution in [2.45, 2.75) is 65.1 Å². The van der Waals surface area contributed by atoms with E-state index in [2.05, 4.69) is 5.32 Å². The van der Waals surface area contributed by atoms with Crippen molar-refractivity contribution in [3.63, 3.8) is 0 Å². The molecule has 0 aliphatic heterocycles. The average molecular weight is 509 g/mol. The summed E-state index contributed by atoms with van der Waals surface area (Å²) in [6.45, 7) is 6.07. The molecule has 2 rings (SSSR count). The van der Waals surface area contributed by atoms with Crippen LogP contribution in [0, 0.1) is 0 Å². The van der Waals surface area contributed by atoms with E-state index in [4.69, 9.17) is 32.7 Å². The zero-order chi connectivity index (χ0) is 25.3. The molecule has 0 aliphatic rings. The van der Waals surface area contributed by atoms with Crippen LogP contribution in [-0.4, -0.2) is 43.0 Å². The maximum Gasteiger partial charge on any atom is 0.243 e. The van der Waals surface area contributed by atoms with Gasteiger partial charge in [0.2, 0.25) is 11.8 Å². The van der Waals surface area contributed by atoms with Gasteiger partial charge in [0.15, 0.2) is 11.5 Å². The number of rotatable bonds is 12. The fourth-order valence-corrected chi connectivity index (χ4v) is 4.09. The third-order valence-electron chi connectivity index (χ3n) is 5.82. The van der Waals surface area contributed by atoms with Crippen LogP contribution in [0.2, 0.25) is 10.0 Å². The van der Waals surface area contributed by atoms with Crippen LogP contribution in [0.4, 0.5) is 0 Å². The molecule has 2 atom stereocenters. The lowest BCUT2D eigenvalue weighted by Crippen LogP contribution is -2.50. The van der Waals surface area contributed by atoms with Gasteiger partial charge in [0.05, 0.1) is 14.2 Å². The van der Waals surface area contributed by atoms with Crippen LogP contribution in [0.1, 0.15) is 51.2 Å². The fraction of sp³-hybridized carbons (Fsp3) is 0.462. The molecule has 186 valence electrons. The maximum absolute atomic E-state index is 13.5. The van der Waals surface area contributed by atoms with Crippen LogP contribution in [0.15, 0.2) is 36.4 Å². The van der Waals surface area contributed by atoms with Gasteiger partial charge in [-0.05, 0) is 61.6 Å². The first-order valence-electron chi connectivity index (χ1n) is 11.5. The van der Waals surface area contributed by atoms with Crippen LogP contribution in [0.25, 0.3) is 0 Å². The molecule has 0 aromatic heterocycles. The number of aryl methyl sites for hydroxylation is 1. The first-order valence-corrected chi connectivity index (χ1v) is 12.2. The summed E-state index contributed by atoms with van der Waals surface area (Å²) in [6.07, 6.45) is 2.01. The lowest BCUT2D eigenvalue weighted by atomic mass is 10.1. The van der Waals surface area contributed by atoms with Gasteiger partial charge in [-0.25, -0.2) is 0 Å². The molecule has 1 N–H and O–H groups in total. The molecule has 2 amide bonds. The van der Waals surface area contributed by atoms with E-state index in [1.807, 2.05) is 39.0 Å². The number of methoxy groups -OCH3 is 2. The van der Waals surface area contributed by atoms with Crippen molar-refractivity contribution in [1.82, 2.24) is 10.2 Å². The van der Waals surface area contributed by atoms with E-state index in [9.17, 15) is 9.59 Å². The average Bonchev–Trinajstić information content (AvgIpc) is 2.83. The number of nitrogens with zero attached hydrogens (tertiary/aromatic N) is 1. The molecule has 0 fully saturated rings. The van der Waals surface area contributed by atoms with Crippen molar-refractivity contribution in [3.05, 3.63) is 57.6 Å². The largest absolute Gasteiger partial charge is 0.493 e. The molecule has 2 aromatic carbocycles. The van der Waals surface area contributed by atoms with E-state index in [0.717, 1.165) is 17.5 Å². The van der Waals surface area contributed by atoms with E-state index < -0.39 is 6.04 Å². The molecule has 34 heavy (non-hydrogen) atoms. The zero-order valence-electron chi connectivity index (χ0n) is 20.5. The topological polar surface area (TPSA) is 67.9 Å². The molecule has 0 heterocycles. The molecule has 8 heteroatoms. The van der Waals surface area contributed by atoms with Crippen molar-refractivity contribution in [3.8, 4) is 11.5 Å². The van der Waals surface area contributed by atoms with Gasteiger partial charge in [0.25, 0.3) is 0 Å². The molecule has 0 radical (unpaired) electrons. The Kier molecular flexibility index (Phi) is 11.0. The Balaban J connectivity index is 2.27. The first-order chi connectivity index (χ1) is 16.2. The predicted octanol–water partition coefficient (Wildman–Crippen LogP) is 5.67. The lowest BCUT2D eigenvalue weighted by molar-refractivity contribution is -0.141. The van der Waals surface area contributed by atoms with Crippen molar-refractivity contribution < 1.29 is 19.1 Å². The van der Waals surface area contributed by atoms with Gasteiger partial charge >= 0.3 is 0 Å². The molecular formula is C26H34Cl2N2O4. The smallest absolute Gasteiger partial charge is 0.243 e. The molecule has 0 saturated carbocycles. The van der Waals surface area contributed by atoms with Crippen LogP contribution < -0.4 is 14.8 Å². The molecule has 0 saturated heterocycles. The van der Waals surface area contributed by atoms with Gasteiger partial charge in [-0.2, -0.15) is 0 Å². The Morgan fingerprint density at radius 2 is 1.71 bits per heavy atom. The second-order valence-corrected chi connectivity index (χ2v) is 9.03. The Labute approximate surface area is 212 Å². The Morgan fingerprint density at radius 3 is 2.29 bits per heavy atom. The number of halogens is 2. The van der Waals surface area contributed by atoms with Crippen molar-refractivity contribution in [2.24, 2.45) is 0 Å². The Hall–Kier alpha value is -2.44. The highest BCUT2D eigenvalue weighted by molar-refractivity contribution is 6.35. The summed E-state index contributed by atoms with van der Waals surface area (Å²) in [5.74, 6) is 0.939. The summed E-state index contributed by atoms with van der Waals surface area (Å²) in [5.41, 5.74) is 1.67. The monoisotopic (exact) mass is 508 g/mol. The number of hydrogen-bond acceptors (Lipinski definition) is 4. The molecule has 6 nitrogen and oxygen atoms in total. The highest BCUT2D eigenvalue weighted by Gasteiger charge is 2.29. The number of carbonyl (C=O) groups is 2. The van der Waals surface area contributed by atoms with Crippen LogP contribution in [-0.2, 0) is 22.6 Å². The van der Waals surface area contributed by atoms with Crippen LogP contribution in [0.5, 0.6) is 11.5 Å². The standard InChI is InChI=1S/C26H34Cl2N2O4/c1-6-17(3)29-26(32)22(7-2)30(16-19-10-11-20(27)15-21(19)28)25(31)13-9-18-8-12-23(33-4)24(14-18)34-5/h8,10-12,14-15,17,22H,6-7,9,13,16H2,1-5H3,(H,29,32)/t17-,22-/m1/s1. The van der Waals surface area contributed by atoms with Gasteiger partial charge < -0.3 is 19.7 Å². The van der Waals surface area contributed by atoms with E-state index in [0.29, 0.717) is 34.4 Å². The van der Waals surface area contributed by atoms with Crippen molar-refractivity contribution in [1.29, 1.82) is 0 Å². The molecule has 2 aromatic rings. The molecule has 0 aliphatic carbocycles. The highest BCUT2D eigenvalue weighted by Crippen LogP contribution is 2.28. The summed E-state index contributed by atoms with van der Waals surface area (Å²) >= 11 is 12.4. The number of amides is 2. The highest BCUT2D eigenvalue weighted by atomic mass is 35.5. The third kappa shape index (κ3) is 7.54. The molecule has 0 bridgehead atoms. The van der Waals surface area contributed by atoms with Gasteiger partial charge in [-0.15, -0.1) is 0 Å². The number of carbonyl (C=O) groups excluding carboxylic acids is 2. The van der Waals surface area contributed by atoms with Gasteiger partial charge in [-0.3, -0.25) is 9.59 Å². The van der Waals surface area contributed by atoms with Gasteiger partial charge in [0.1, 0.15) is 6.04 Å². The Morgan fingerprint density at radius 1 is 1.00 bits per heavy atom. The van der Waals surface area contributed by atoms with E-state index in [-0.39, 0.29) is 30.8 Å². The SMILES string of the molecule is CC[C@@H](C)NC(=O)[C@@H](CC)N(Cc1ccc(Cl)cc1Cl)C(=O)CCc1ccc(OC)c(OC)c1. The molecular weight excluding hydrogens is 475 g/mol. The minimum absolute atomic E-state index is 0.0179. The quantitative estimate of drug-likeness (QED) is 0.401. The first kappa shape index (κ1) is 27.8. The third-order valence-corrected chi connectivity index (χ3v) is 6.41.